The van der Waals surface area contributed by atoms with Crippen molar-refractivity contribution in [2.24, 2.45) is 11.1 Å². The predicted molar refractivity (Wildman–Crippen MR) is 90.4 cm³/mol. The zero-order chi connectivity index (χ0) is 16.7. The lowest BCUT2D eigenvalue weighted by Gasteiger charge is -2.23. The molecule has 1 saturated carbocycles. The van der Waals surface area contributed by atoms with E-state index in [0.717, 1.165) is 23.4 Å². The number of carbonyl (C=O) groups is 1. The lowest BCUT2D eigenvalue weighted by molar-refractivity contribution is -0.136. The van der Waals surface area contributed by atoms with Gasteiger partial charge in [-0.15, -0.1) is 5.10 Å². The Labute approximate surface area is 145 Å². The van der Waals surface area contributed by atoms with Gasteiger partial charge in [-0.1, -0.05) is 35.0 Å². The van der Waals surface area contributed by atoms with Gasteiger partial charge in [-0.2, -0.15) is 0 Å². The zero-order valence-electron chi connectivity index (χ0n) is 13.3. The number of amides is 1. The molecule has 1 aliphatic carbocycles. The van der Waals surface area contributed by atoms with Gasteiger partial charge in [-0.3, -0.25) is 4.79 Å². The average molecular weight is 346 g/mol. The average Bonchev–Trinajstić information content (AvgIpc) is 2.98. The van der Waals surface area contributed by atoms with Crippen LogP contribution in [0.15, 0.2) is 36.7 Å². The van der Waals surface area contributed by atoms with E-state index < -0.39 is 0 Å². The number of nitrogens with zero attached hydrogens (tertiary/aromatic N) is 4. The van der Waals surface area contributed by atoms with Crippen molar-refractivity contribution in [3.8, 4) is 0 Å². The van der Waals surface area contributed by atoms with Gasteiger partial charge in [0.1, 0.15) is 0 Å². The Morgan fingerprint density at radius 3 is 2.79 bits per heavy atom. The summed E-state index contributed by atoms with van der Waals surface area (Å²) in [5, 5.41) is 8.60. The van der Waals surface area contributed by atoms with Crippen LogP contribution in [0.5, 0.6) is 0 Å². The van der Waals surface area contributed by atoms with Gasteiger partial charge >= 0.3 is 0 Å². The topological polar surface area (TPSA) is 77.0 Å². The molecule has 24 heavy (non-hydrogen) atoms. The quantitative estimate of drug-likeness (QED) is 0.914. The molecule has 1 amide bonds. The molecule has 1 aromatic heterocycles. The first-order chi connectivity index (χ1) is 11.6. The van der Waals surface area contributed by atoms with E-state index in [2.05, 4.69) is 10.3 Å². The van der Waals surface area contributed by atoms with E-state index in [0.29, 0.717) is 19.5 Å². The summed E-state index contributed by atoms with van der Waals surface area (Å²) in [5.41, 5.74) is 6.97. The fourth-order valence-corrected chi connectivity index (χ4v) is 3.81. The van der Waals surface area contributed by atoms with Crippen LogP contribution < -0.4 is 5.73 Å². The van der Waals surface area contributed by atoms with Crippen molar-refractivity contribution >= 4 is 17.5 Å². The molecular weight excluding hydrogens is 326 g/mol. The van der Waals surface area contributed by atoms with E-state index in [1.165, 1.54) is 0 Å². The number of hydrogen-bond donors (Lipinski definition) is 1. The molecule has 0 bridgehead atoms. The number of carbonyl (C=O) groups excluding carboxylic acids is 1. The lowest BCUT2D eigenvalue weighted by atomic mass is 9.95. The molecule has 2 fully saturated rings. The molecule has 6 nitrogen and oxygen atoms in total. The second-order valence-corrected chi connectivity index (χ2v) is 7.28. The summed E-state index contributed by atoms with van der Waals surface area (Å²) in [6.45, 7) is 1.15. The van der Waals surface area contributed by atoms with Crippen molar-refractivity contribution in [3.63, 3.8) is 0 Å². The van der Waals surface area contributed by atoms with E-state index in [-0.39, 0.29) is 23.4 Å². The van der Waals surface area contributed by atoms with Crippen LogP contribution in [0.4, 0.5) is 0 Å². The standard InChI is InChI=1S/C17H20ClN5O/c18-13-4-2-1-3-12(13)9-17(5-6-17)16(24)22-10-14(19)15(11-22)23-8-7-20-21-23/h1-4,7-8,14-15H,5-6,9-11,19H2/t14-,15+/m1/s1. The number of aromatic nitrogens is 3. The second kappa shape index (κ2) is 5.86. The third-order valence-corrected chi connectivity index (χ3v) is 5.56. The highest BCUT2D eigenvalue weighted by Gasteiger charge is 2.53. The summed E-state index contributed by atoms with van der Waals surface area (Å²) >= 11 is 6.27. The Kier molecular flexibility index (Phi) is 3.81. The minimum Gasteiger partial charge on any atom is -0.338 e. The highest BCUT2D eigenvalue weighted by Crippen LogP contribution is 2.51. The third kappa shape index (κ3) is 2.70. The largest absolute Gasteiger partial charge is 0.338 e. The molecule has 7 heteroatoms. The fraction of sp³-hybridized carbons (Fsp3) is 0.471. The van der Waals surface area contributed by atoms with Gasteiger partial charge < -0.3 is 10.6 Å². The monoisotopic (exact) mass is 345 g/mol. The van der Waals surface area contributed by atoms with Gasteiger partial charge in [0.15, 0.2) is 0 Å². The minimum absolute atomic E-state index is 0.00689. The van der Waals surface area contributed by atoms with Crippen molar-refractivity contribution in [2.75, 3.05) is 13.1 Å². The molecule has 2 atom stereocenters. The van der Waals surface area contributed by atoms with Gasteiger partial charge in [0, 0.05) is 30.4 Å². The van der Waals surface area contributed by atoms with Crippen molar-refractivity contribution in [1.29, 1.82) is 0 Å². The first-order valence-corrected chi connectivity index (χ1v) is 8.61. The highest BCUT2D eigenvalue weighted by molar-refractivity contribution is 6.31. The molecule has 2 N–H and O–H groups in total. The van der Waals surface area contributed by atoms with Crippen LogP contribution in [-0.2, 0) is 11.2 Å². The maximum Gasteiger partial charge on any atom is 0.229 e. The van der Waals surface area contributed by atoms with Crippen LogP contribution in [0.2, 0.25) is 5.02 Å². The molecule has 126 valence electrons. The molecule has 0 unspecified atom stereocenters. The summed E-state index contributed by atoms with van der Waals surface area (Å²) in [4.78, 5) is 15.0. The van der Waals surface area contributed by atoms with Gasteiger partial charge in [0.05, 0.1) is 17.7 Å². The first-order valence-electron chi connectivity index (χ1n) is 8.23. The second-order valence-electron chi connectivity index (χ2n) is 6.87. The Morgan fingerprint density at radius 2 is 2.12 bits per heavy atom. The number of likely N-dealkylation sites (tertiary alicyclic amines) is 1. The number of rotatable bonds is 4. The number of benzene rings is 1. The molecule has 2 aliphatic rings. The summed E-state index contributed by atoms with van der Waals surface area (Å²) in [6, 6.07) is 7.64. The minimum atomic E-state index is -0.304. The van der Waals surface area contributed by atoms with Gasteiger partial charge in [0.25, 0.3) is 0 Å². The molecule has 1 aliphatic heterocycles. The Bertz CT molecular complexity index is 743. The molecule has 2 aromatic rings. The van der Waals surface area contributed by atoms with E-state index in [1.54, 1.807) is 17.1 Å². The SMILES string of the molecule is N[C@@H]1CN(C(=O)C2(Cc3ccccc3Cl)CC2)C[C@@H]1n1ccnn1. The van der Waals surface area contributed by atoms with Crippen molar-refractivity contribution in [2.45, 2.75) is 31.3 Å². The van der Waals surface area contributed by atoms with Gasteiger partial charge in [-0.05, 0) is 30.9 Å². The fourth-order valence-electron chi connectivity index (χ4n) is 3.61. The first kappa shape index (κ1) is 15.6. The molecule has 1 aromatic carbocycles. The van der Waals surface area contributed by atoms with Crippen LogP contribution in [0.1, 0.15) is 24.4 Å². The predicted octanol–water partition coefficient (Wildman–Crippen LogP) is 1.66. The molecule has 0 radical (unpaired) electrons. The van der Waals surface area contributed by atoms with Crippen LogP contribution in [-0.4, -0.2) is 44.9 Å². The summed E-state index contributed by atoms with van der Waals surface area (Å²) in [5.74, 6) is 0.195. The molecular formula is C17H20ClN5O. The van der Waals surface area contributed by atoms with E-state index >= 15 is 0 Å². The van der Waals surface area contributed by atoms with Gasteiger partial charge in [0.2, 0.25) is 5.91 Å². The Balaban J connectivity index is 1.49. The van der Waals surface area contributed by atoms with Crippen LogP contribution in [0.3, 0.4) is 0 Å². The lowest BCUT2D eigenvalue weighted by Crippen LogP contribution is -2.38. The number of halogens is 1. The summed E-state index contributed by atoms with van der Waals surface area (Å²) in [7, 11) is 0. The Hall–Kier alpha value is -1.92. The van der Waals surface area contributed by atoms with Crippen molar-refractivity contribution in [1.82, 2.24) is 19.9 Å². The number of hydrogen-bond acceptors (Lipinski definition) is 4. The highest BCUT2D eigenvalue weighted by atomic mass is 35.5. The smallest absolute Gasteiger partial charge is 0.229 e. The maximum atomic E-state index is 13.1. The molecule has 4 rings (SSSR count). The normalized spacial score (nSPS) is 25.0. The molecule has 2 heterocycles. The van der Waals surface area contributed by atoms with E-state index in [9.17, 15) is 4.79 Å². The van der Waals surface area contributed by atoms with Crippen molar-refractivity contribution < 1.29 is 4.79 Å². The summed E-state index contributed by atoms with van der Waals surface area (Å²) < 4.78 is 1.76. The van der Waals surface area contributed by atoms with Crippen LogP contribution in [0.25, 0.3) is 0 Å². The maximum absolute atomic E-state index is 13.1. The molecule has 1 saturated heterocycles. The van der Waals surface area contributed by atoms with E-state index in [1.807, 2.05) is 29.2 Å². The third-order valence-electron chi connectivity index (χ3n) is 5.19. The summed E-state index contributed by atoms with van der Waals surface area (Å²) in [6.07, 6.45) is 5.96. The molecule has 0 spiro atoms. The van der Waals surface area contributed by atoms with Crippen LogP contribution >= 0.6 is 11.6 Å². The van der Waals surface area contributed by atoms with Gasteiger partial charge in [-0.25, -0.2) is 4.68 Å². The van der Waals surface area contributed by atoms with Crippen LogP contribution in [0, 0.1) is 5.41 Å². The Morgan fingerprint density at radius 1 is 1.33 bits per heavy atom. The number of nitrogens with two attached hydrogens (primary N) is 1. The van der Waals surface area contributed by atoms with E-state index in [4.69, 9.17) is 17.3 Å². The zero-order valence-corrected chi connectivity index (χ0v) is 14.1. The van der Waals surface area contributed by atoms with Crippen molar-refractivity contribution in [3.05, 3.63) is 47.2 Å².